The van der Waals surface area contributed by atoms with E-state index in [2.05, 4.69) is 87.6 Å². The molecule has 0 aliphatic rings. The molecule has 0 saturated carbocycles. The summed E-state index contributed by atoms with van der Waals surface area (Å²) in [6.07, 6.45) is 8.53. The van der Waals surface area contributed by atoms with Gasteiger partial charge in [0.15, 0.2) is 0 Å². The molecule has 4 aromatic carbocycles. The van der Waals surface area contributed by atoms with Crippen molar-refractivity contribution in [1.82, 2.24) is 0 Å². The standard InChI is InChI=1S/C18H22OS.C17H20OS/c1-2-3-4-5-14-19-17-10-6-15(7-11-17)16-8-12-18(20)13-9-16;1-2-3-4-13-18-16-9-5-14(6-10-16)15-7-11-17(19)12-8-15/h6-13,20H,2-5,14H2,1H3;5-12,19H,2-4,13H2,1H3. The molecule has 0 spiro atoms. The Morgan fingerprint density at radius 1 is 0.410 bits per heavy atom. The zero-order valence-electron chi connectivity index (χ0n) is 23.3. The fraction of sp³-hybridized carbons (Fsp3) is 0.314. The van der Waals surface area contributed by atoms with Gasteiger partial charge in [0.1, 0.15) is 11.5 Å². The number of benzene rings is 4. The van der Waals surface area contributed by atoms with E-state index in [1.807, 2.05) is 48.5 Å². The first kappa shape index (κ1) is 30.7. The smallest absolute Gasteiger partial charge is 0.119 e. The van der Waals surface area contributed by atoms with Crippen molar-refractivity contribution in [2.24, 2.45) is 0 Å². The Labute approximate surface area is 246 Å². The lowest BCUT2D eigenvalue weighted by Gasteiger charge is -2.07. The molecule has 0 aliphatic carbocycles. The minimum Gasteiger partial charge on any atom is -0.494 e. The van der Waals surface area contributed by atoms with Crippen molar-refractivity contribution in [2.45, 2.75) is 68.6 Å². The minimum absolute atomic E-state index is 0.807. The summed E-state index contributed by atoms with van der Waals surface area (Å²) in [6.45, 7) is 6.04. The minimum atomic E-state index is 0.807. The zero-order chi connectivity index (χ0) is 27.7. The molecule has 0 saturated heterocycles. The topological polar surface area (TPSA) is 18.5 Å². The van der Waals surface area contributed by atoms with Crippen LogP contribution in [0, 0.1) is 0 Å². The predicted molar refractivity (Wildman–Crippen MR) is 173 cm³/mol. The summed E-state index contributed by atoms with van der Waals surface area (Å²) < 4.78 is 11.5. The van der Waals surface area contributed by atoms with E-state index < -0.39 is 0 Å². The van der Waals surface area contributed by atoms with Crippen LogP contribution in [0.25, 0.3) is 22.3 Å². The molecule has 0 atom stereocenters. The monoisotopic (exact) mass is 558 g/mol. The lowest BCUT2D eigenvalue weighted by atomic mass is 10.1. The Balaban J connectivity index is 0.000000216. The average molecular weight is 559 g/mol. The Morgan fingerprint density at radius 3 is 1.08 bits per heavy atom. The predicted octanol–water partition coefficient (Wildman–Crippen LogP) is 10.8. The molecule has 206 valence electrons. The van der Waals surface area contributed by atoms with Crippen LogP contribution in [0.2, 0.25) is 0 Å². The van der Waals surface area contributed by atoms with Crippen LogP contribution in [0.5, 0.6) is 11.5 Å². The number of hydrogen-bond acceptors (Lipinski definition) is 4. The van der Waals surface area contributed by atoms with Crippen LogP contribution in [0.15, 0.2) is 107 Å². The molecule has 4 rings (SSSR count). The van der Waals surface area contributed by atoms with Crippen LogP contribution in [0.4, 0.5) is 0 Å². The summed E-state index contributed by atoms with van der Waals surface area (Å²) in [5.74, 6) is 1.90. The van der Waals surface area contributed by atoms with Crippen LogP contribution in [0.3, 0.4) is 0 Å². The van der Waals surface area contributed by atoms with Gasteiger partial charge in [0.05, 0.1) is 13.2 Å². The maximum absolute atomic E-state index is 5.75. The van der Waals surface area contributed by atoms with Crippen molar-refractivity contribution in [1.29, 1.82) is 0 Å². The molecule has 0 bridgehead atoms. The van der Waals surface area contributed by atoms with E-state index in [1.165, 1.54) is 54.4 Å². The quantitative estimate of drug-likeness (QED) is 0.126. The highest BCUT2D eigenvalue weighted by atomic mass is 32.1. The summed E-state index contributed by atoms with van der Waals surface area (Å²) in [4.78, 5) is 1.97. The SMILES string of the molecule is CCCCCCOc1ccc(-c2ccc(S)cc2)cc1.CCCCCOc1ccc(-c2ccc(S)cc2)cc1. The summed E-state index contributed by atoms with van der Waals surface area (Å²) >= 11 is 8.60. The normalized spacial score (nSPS) is 10.5. The Hall–Kier alpha value is -2.82. The van der Waals surface area contributed by atoms with Crippen molar-refractivity contribution < 1.29 is 9.47 Å². The molecule has 0 radical (unpaired) electrons. The third kappa shape index (κ3) is 11.4. The largest absolute Gasteiger partial charge is 0.494 e. The average Bonchev–Trinajstić information content (AvgIpc) is 2.97. The van der Waals surface area contributed by atoms with Crippen LogP contribution in [0.1, 0.15) is 58.8 Å². The fourth-order valence-electron chi connectivity index (χ4n) is 4.06. The molecular weight excluding hydrogens is 517 g/mol. The summed E-state index contributed by atoms with van der Waals surface area (Å²) in [6, 6.07) is 33.0. The van der Waals surface area contributed by atoms with Crippen molar-refractivity contribution in [3.05, 3.63) is 97.1 Å². The van der Waals surface area contributed by atoms with E-state index in [-0.39, 0.29) is 0 Å². The van der Waals surface area contributed by atoms with Gasteiger partial charge in [-0.3, -0.25) is 0 Å². The highest BCUT2D eigenvalue weighted by Crippen LogP contribution is 2.25. The van der Waals surface area contributed by atoms with E-state index in [4.69, 9.17) is 9.47 Å². The first-order chi connectivity index (χ1) is 19.1. The van der Waals surface area contributed by atoms with Gasteiger partial charge < -0.3 is 9.47 Å². The number of ether oxygens (including phenoxy) is 2. The second-order valence-electron chi connectivity index (χ2n) is 9.61. The fourth-order valence-corrected chi connectivity index (χ4v) is 4.35. The Morgan fingerprint density at radius 2 is 0.718 bits per heavy atom. The van der Waals surface area contributed by atoms with Crippen LogP contribution in [-0.4, -0.2) is 13.2 Å². The molecule has 4 heteroatoms. The molecule has 39 heavy (non-hydrogen) atoms. The van der Waals surface area contributed by atoms with Crippen molar-refractivity contribution in [3.8, 4) is 33.8 Å². The van der Waals surface area contributed by atoms with Crippen molar-refractivity contribution in [2.75, 3.05) is 13.2 Å². The zero-order valence-corrected chi connectivity index (χ0v) is 25.1. The van der Waals surface area contributed by atoms with Crippen molar-refractivity contribution >= 4 is 25.3 Å². The van der Waals surface area contributed by atoms with E-state index in [0.29, 0.717) is 0 Å². The number of thiol groups is 2. The first-order valence-electron chi connectivity index (χ1n) is 14.1. The first-order valence-corrected chi connectivity index (χ1v) is 15.0. The molecule has 2 nitrogen and oxygen atoms in total. The third-order valence-electron chi connectivity index (χ3n) is 6.39. The lowest BCUT2D eigenvalue weighted by Crippen LogP contribution is -1.96. The maximum Gasteiger partial charge on any atom is 0.119 e. The van der Waals surface area contributed by atoms with E-state index in [0.717, 1.165) is 47.3 Å². The van der Waals surface area contributed by atoms with Gasteiger partial charge in [-0.25, -0.2) is 0 Å². The van der Waals surface area contributed by atoms with Crippen LogP contribution in [-0.2, 0) is 0 Å². The van der Waals surface area contributed by atoms with E-state index in [9.17, 15) is 0 Å². The molecule has 0 N–H and O–H groups in total. The third-order valence-corrected chi connectivity index (χ3v) is 6.99. The van der Waals surface area contributed by atoms with Crippen LogP contribution < -0.4 is 9.47 Å². The van der Waals surface area contributed by atoms with Crippen molar-refractivity contribution in [3.63, 3.8) is 0 Å². The molecule has 4 aromatic rings. The van der Waals surface area contributed by atoms with Crippen LogP contribution >= 0.6 is 25.3 Å². The lowest BCUT2D eigenvalue weighted by molar-refractivity contribution is 0.305. The van der Waals surface area contributed by atoms with Gasteiger partial charge in [0.25, 0.3) is 0 Å². The van der Waals surface area contributed by atoms with Gasteiger partial charge in [-0.1, -0.05) is 94.5 Å². The van der Waals surface area contributed by atoms with E-state index in [1.54, 1.807) is 0 Å². The highest BCUT2D eigenvalue weighted by molar-refractivity contribution is 7.80. The summed E-state index contributed by atoms with van der Waals surface area (Å²) in [7, 11) is 0. The molecule has 0 fully saturated rings. The summed E-state index contributed by atoms with van der Waals surface area (Å²) in [5.41, 5.74) is 4.82. The van der Waals surface area contributed by atoms with Gasteiger partial charge in [-0.05, 0) is 83.6 Å². The van der Waals surface area contributed by atoms with Gasteiger partial charge >= 0.3 is 0 Å². The Bertz CT molecular complexity index is 1190. The maximum atomic E-state index is 5.75. The van der Waals surface area contributed by atoms with Gasteiger partial charge in [-0.15, -0.1) is 25.3 Å². The molecule has 0 unspecified atom stereocenters. The van der Waals surface area contributed by atoms with Gasteiger partial charge in [-0.2, -0.15) is 0 Å². The molecule has 0 amide bonds. The molecule has 0 aliphatic heterocycles. The molecule has 0 heterocycles. The van der Waals surface area contributed by atoms with E-state index >= 15 is 0 Å². The summed E-state index contributed by atoms with van der Waals surface area (Å²) in [5, 5.41) is 0. The molecule has 0 aromatic heterocycles. The highest BCUT2D eigenvalue weighted by Gasteiger charge is 2.00. The van der Waals surface area contributed by atoms with Gasteiger partial charge in [0, 0.05) is 9.79 Å². The second-order valence-corrected chi connectivity index (χ2v) is 10.6. The number of rotatable bonds is 13. The number of hydrogen-bond donors (Lipinski definition) is 2. The molecular formula is C35H42O2S2. The van der Waals surface area contributed by atoms with Gasteiger partial charge in [0.2, 0.25) is 0 Å². The number of unbranched alkanes of at least 4 members (excludes halogenated alkanes) is 5. The second kappa shape index (κ2) is 17.7. The Kier molecular flexibility index (Phi) is 13.9.